The number of amides is 1. The van der Waals surface area contributed by atoms with Crippen molar-refractivity contribution in [2.45, 2.75) is 23.8 Å². The number of anilines is 1. The summed E-state index contributed by atoms with van der Waals surface area (Å²) < 4.78 is 28.1. The van der Waals surface area contributed by atoms with Gasteiger partial charge in [0, 0.05) is 29.2 Å². The lowest BCUT2D eigenvalue weighted by molar-refractivity contribution is -0.929. The highest BCUT2D eigenvalue weighted by molar-refractivity contribution is 7.89. The number of carbonyl (C=O) groups excluding carboxylic acids is 2. The molecule has 0 radical (unpaired) electrons. The molecule has 1 heterocycles. The van der Waals surface area contributed by atoms with E-state index in [9.17, 15) is 23.1 Å². The molecular formula is C27H29N3O5S. The maximum atomic E-state index is 13.3. The van der Waals surface area contributed by atoms with Crippen molar-refractivity contribution in [3.8, 4) is 0 Å². The number of sulfonamides is 1. The summed E-state index contributed by atoms with van der Waals surface area (Å²) in [6.07, 6.45) is -0.580. The molecule has 0 atom stereocenters. The second-order valence-electron chi connectivity index (χ2n) is 8.76. The van der Waals surface area contributed by atoms with E-state index >= 15 is 0 Å². The van der Waals surface area contributed by atoms with E-state index in [0.29, 0.717) is 31.9 Å². The molecule has 1 aliphatic rings. The number of rotatable bonds is 9. The molecule has 1 fully saturated rings. The van der Waals surface area contributed by atoms with Crippen molar-refractivity contribution in [2.24, 2.45) is 0 Å². The van der Waals surface area contributed by atoms with Crippen molar-refractivity contribution in [3.63, 3.8) is 0 Å². The monoisotopic (exact) mass is 507 g/mol. The van der Waals surface area contributed by atoms with Gasteiger partial charge in [-0.25, -0.2) is 8.42 Å². The van der Waals surface area contributed by atoms with Crippen LogP contribution in [0.3, 0.4) is 0 Å². The van der Waals surface area contributed by atoms with Gasteiger partial charge in [-0.05, 0) is 30.7 Å². The Morgan fingerprint density at radius 2 is 1.36 bits per heavy atom. The van der Waals surface area contributed by atoms with Gasteiger partial charge in [0.25, 0.3) is 0 Å². The number of hydrogen-bond acceptors (Lipinski definition) is 5. The largest absolute Gasteiger partial charge is 0.550 e. The average molecular weight is 508 g/mol. The molecule has 0 unspecified atom stereocenters. The summed E-state index contributed by atoms with van der Waals surface area (Å²) in [5.41, 5.74) is 2.81. The Kier molecular flexibility index (Phi) is 8.14. The van der Waals surface area contributed by atoms with Crippen LogP contribution in [0.2, 0.25) is 0 Å². The molecule has 4 rings (SSSR count). The van der Waals surface area contributed by atoms with Gasteiger partial charge in [-0.1, -0.05) is 60.7 Å². The number of benzene rings is 3. The SMILES string of the molecule is O=C([O-])CCC(=O)Nc1ccc(S(=O)(=O)N2CC[NH+](C(c3ccccc3)c3ccccc3)CC2)cc1. The molecule has 0 saturated carbocycles. The van der Waals surface area contributed by atoms with Crippen LogP contribution in [0.1, 0.15) is 30.0 Å². The Balaban J connectivity index is 1.42. The lowest BCUT2D eigenvalue weighted by atomic mass is 9.96. The minimum atomic E-state index is -3.69. The van der Waals surface area contributed by atoms with Gasteiger partial charge in [0.15, 0.2) is 0 Å². The third-order valence-corrected chi connectivity index (χ3v) is 8.28. The molecule has 1 amide bonds. The predicted octanol–water partition coefficient (Wildman–Crippen LogP) is 0.834. The fourth-order valence-corrected chi connectivity index (χ4v) is 6.00. The van der Waals surface area contributed by atoms with Gasteiger partial charge in [-0.3, -0.25) is 4.79 Å². The van der Waals surface area contributed by atoms with Gasteiger partial charge >= 0.3 is 0 Å². The number of carboxylic acids is 1. The molecular weight excluding hydrogens is 478 g/mol. The molecule has 3 aromatic rings. The van der Waals surface area contributed by atoms with Crippen molar-refractivity contribution in [3.05, 3.63) is 96.1 Å². The zero-order chi connectivity index (χ0) is 25.5. The van der Waals surface area contributed by atoms with Gasteiger partial charge < -0.3 is 20.1 Å². The number of aliphatic carboxylic acids is 1. The minimum absolute atomic E-state index is 0.122. The van der Waals surface area contributed by atoms with Gasteiger partial charge in [-0.15, -0.1) is 0 Å². The minimum Gasteiger partial charge on any atom is -0.550 e. The summed E-state index contributed by atoms with van der Waals surface area (Å²) in [6.45, 7) is 2.13. The van der Waals surface area contributed by atoms with E-state index in [2.05, 4.69) is 29.6 Å². The third kappa shape index (κ3) is 6.17. The Labute approximate surface area is 211 Å². The molecule has 188 valence electrons. The second-order valence-corrected chi connectivity index (χ2v) is 10.7. The number of piperazine rings is 1. The van der Waals surface area contributed by atoms with Crippen LogP contribution in [-0.4, -0.2) is 50.8 Å². The summed E-state index contributed by atoms with van der Waals surface area (Å²) in [5, 5.41) is 13.1. The molecule has 0 aromatic heterocycles. The first-order valence-corrected chi connectivity index (χ1v) is 13.3. The molecule has 3 aromatic carbocycles. The number of nitrogens with zero attached hydrogens (tertiary/aromatic N) is 1. The Morgan fingerprint density at radius 3 is 1.86 bits per heavy atom. The molecule has 36 heavy (non-hydrogen) atoms. The maximum Gasteiger partial charge on any atom is 0.243 e. The number of hydrogen-bond donors (Lipinski definition) is 2. The van der Waals surface area contributed by atoms with Crippen molar-refractivity contribution in [1.29, 1.82) is 0 Å². The molecule has 8 nitrogen and oxygen atoms in total. The van der Waals surface area contributed by atoms with Crippen molar-refractivity contribution in [2.75, 3.05) is 31.5 Å². The molecule has 0 spiro atoms. The summed E-state index contributed by atoms with van der Waals surface area (Å²) in [7, 11) is -3.69. The number of nitrogens with one attached hydrogen (secondary N) is 2. The molecule has 0 aliphatic carbocycles. The van der Waals surface area contributed by atoms with E-state index in [4.69, 9.17) is 0 Å². The van der Waals surface area contributed by atoms with Crippen LogP contribution >= 0.6 is 0 Å². The molecule has 2 N–H and O–H groups in total. The fraction of sp³-hybridized carbons (Fsp3) is 0.259. The highest BCUT2D eigenvalue weighted by atomic mass is 32.2. The first-order valence-electron chi connectivity index (χ1n) is 11.9. The van der Waals surface area contributed by atoms with Crippen LogP contribution in [-0.2, 0) is 19.6 Å². The molecule has 0 bridgehead atoms. The third-order valence-electron chi connectivity index (χ3n) is 6.37. The van der Waals surface area contributed by atoms with E-state index in [-0.39, 0.29) is 23.8 Å². The first-order chi connectivity index (χ1) is 17.3. The molecule has 9 heteroatoms. The van der Waals surface area contributed by atoms with Crippen LogP contribution in [0.25, 0.3) is 0 Å². The predicted molar refractivity (Wildman–Crippen MR) is 133 cm³/mol. The van der Waals surface area contributed by atoms with E-state index in [1.807, 2.05) is 36.4 Å². The summed E-state index contributed by atoms with van der Waals surface area (Å²) in [6, 6.07) is 26.6. The lowest BCUT2D eigenvalue weighted by Gasteiger charge is -2.36. The van der Waals surface area contributed by atoms with Gasteiger partial charge in [0.05, 0.1) is 31.1 Å². The van der Waals surface area contributed by atoms with E-state index < -0.39 is 21.9 Å². The van der Waals surface area contributed by atoms with E-state index in [0.717, 1.165) is 0 Å². The van der Waals surface area contributed by atoms with Crippen molar-refractivity contribution in [1.82, 2.24) is 4.31 Å². The highest BCUT2D eigenvalue weighted by Gasteiger charge is 2.34. The van der Waals surface area contributed by atoms with E-state index in [1.165, 1.54) is 44.6 Å². The lowest BCUT2D eigenvalue weighted by Crippen LogP contribution is -3.15. The van der Waals surface area contributed by atoms with Gasteiger partial charge in [0.2, 0.25) is 15.9 Å². The second kappa shape index (κ2) is 11.5. The quantitative estimate of drug-likeness (QED) is 0.446. The highest BCUT2D eigenvalue weighted by Crippen LogP contribution is 2.22. The van der Waals surface area contributed by atoms with Crippen molar-refractivity contribution < 1.29 is 28.0 Å². The van der Waals surface area contributed by atoms with Crippen LogP contribution in [0.4, 0.5) is 5.69 Å². The Bertz CT molecular complexity index is 1230. The van der Waals surface area contributed by atoms with E-state index in [1.54, 1.807) is 0 Å². The van der Waals surface area contributed by atoms with Crippen molar-refractivity contribution >= 4 is 27.6 Å². The molecule has 1 aliphatic heterocycles. The zero-order valence-corrected chi connectivity index (χ0v) is 20.6. The maximum absolute atomic E-state index is 13.3. The smallest absolute Gasteiger partial charge is 0.243 e. The topological polar surface area (TPSA) is 111 Å². The normalized spacial score (nSPS) is 15.0. The van der Waals surface area contributed by atoms with Crippen LogP contribution < -0.4 is 15.3 Å². The van der Waals surface area contributed by atoms with Crippen LogP contribution in [0.15, 0.2) is 89.8 Å². The number of carboxylic acid groups (broad SMARTS) is 1. The van der Waals surface area contributed by atoms with Gasteiger partial charge in [-0.2, -0.15) is 4.31 Å². The fourth-order valence-electron chi connectivity index (χ4n) is 4.56. The summed E-state index contributed by atoms with van der Waals surface area (Å²) in [4.78, 5) is 23.8. The standard InChI is InChI=1S/C27H29N3O5S/c31-25(15-16-26(32)33)28-23-11-13-24(14-12-23)36(34,35)30-19-17-29(18-20-30)27(21-7-3-1-4-8-21)22-9-5-2-6-10-22/h1-14,27H,15-20H2,(H,28,31)(H,32,33). The van der Waals surface area contributed by atoms with Gasteiger partial charge in [0.1, 0.15) is 6.04 Å². The zero-order valence-electron chi connectivity index (χ0n) is 19.8. The van der Waals surface area contributed by atoms with Crippen LogP contribution in [0.5, 0.6) is 0 Å². The van der Waals surface area contributed by atoms with Crippen LogP contribution in [0, 0.1) is 0 Å². The summed E-state index contributed by atoms with van der Waals surface area (Å²) >= 11 is 0. The number of quaternary nitrogens is 1. The number of carbonyl (C=O) groups is 2. The molecule has 1 saturated heterocycles. The Hall–Kier alpha value is -3.53. The summed E-state index contributed by atoms with van der Waals surface area (Å²) in [5.74, 6) is -1.77. The average Bonchev–Trinajstić information content (AvgIpc) is 2.90. The Morgan fingerprint density at radius 1 is 0.833 bits per heavy atom. The first kappa shape index (κ1) is 25.6.